The van der Waals surface area contributed by atoms with Crippen LogP contribution in [0.4, 0.5) is 0 Å². The monoisotopic (exact) mass is 945 g/mol. The summed E-state index contributed by atoms with van der Waals surface area (Å²) in [5.41, 5.74) is 17.6. The van der Waals surface area contributed by atoms with E-state index in [0.29, 0.717) is 34.9 Å². The van der Waals surface area contributed by atoms with Crippen LogP contribution in [0.15, 0.2) is 255 Å². The van der Waals surface area contributed by atoms with Gasteiger partial charge in [0, 0.05) is 55.8 Å². The van der Waals surface area contributed by atoms with Crippen LogP contribution in [0, 0.1) is 0 Å². The van der Waals surface area contributed by atoms with E-state index in [-0.39, 0.29) is 5.92 Å². The topological polar surface area (TPSA) is 82.3 Å². The van der Waals surface area contributed by atoms with E-state index in [4.69, 9.17) is 29.9 Å². The highest BCUT2D eigenvalue weighted by Crippen LogP contribution is 2.49. The van der Waals surface area contributed by atoms with Gasteiger partial charge in [-0.25, -0.2) is 29.9 Å². The SMILES string of the molecule is c1ccc(-c2nc(-c3ccccc3)nc(-c3ccc(C4c5ccccc5-c5cc(-c6ccc7c8ccccc8n(-c8ccc(-c9nc(-c%10ccccc%10)nc(-c%10ccccc%10)n9)cc8)c7c6)ccc54)cc3)n2)cc1. The molecule has 1 aliphatic carbocycles. The number of benzene rings is 10. The molecule has 0 amide bonds. The van der Waals surface area contributed by atoms with Crippen LogP contribution in [0.25, 0.3) is 118 Å². The lowest BCUT2D eigenvalue weighted by molar-refractivity contribution is 1.01. The van der Waals surface area contributed by atoms with Gasteiger partial charge in [-0.2, -0.15) is 0 Å². The molecule has 14 rings (SSSR count). The fourth-order valence-electron chi connectivity index (χ4n) is 10.6. The summed E-state index contributed by atoms with van der Waals surface area (Å²) >= 11 is 0. The van der Waals surface area contributed by atoms with Crippen molar-refractivity contribution in [2.75, 3.05) is 0 Å². The number of hydrogen-bond donors (Lipinski definition) is 0. The Morgan fingerprint density at radius 2 is 0.635 bits per heavy atom. The van der Waals surface area contributed by atoms with E-state index >= 15 is 0 Å². The van der Waals surface area contributed by atoms with Gasteiger partial charge in [-0.15, -0.1) is 0 Å². The molecule has 3 aromatic heterocycles. The molecule has 0 radical (unpaired) electrons. The highest BCUT2D eigenvalue weighted by Gasteiger charge is 2.30. The molecule has 0 spiro atoms. The van der Waals surface area contributed by atoms with Crippen molar-refractivity contribution in [2.24, 2.45) is 0 Å². The van der Waals surface area contributed by atoms with E-state index < -0.39 is 0 Å². The summed E-state index contributed by atoms with van der Waals surface area (Å²) in [6.45, 7) is 0. The molecule has 10 aromatic carbocycles. The summed E-state index contributed by atoms with van der Waals surface area (Å²) in [5, 5.41) is 2.40. The minimum atomic E-state index is 0.0720. The summed E-state index contributed by atoms with van der Waals surface area (Å²) in [4.78, 5) is 29.8. The maximum absolute atomic E-state index is 5.00. The highest BCUT2D eigenvalue weighted by atomic mass is 15.0. The van der Waals surface area contributed by atoms with Crippen molar-refractivity contribution < 1.29 is 0 Å². The van der Waals surface area contributed by atoms with Crippen molar-refractivity contribution in [3.63, 3.8) is 0 Å². The van der Waals surface area contributed by atoms with Gasteiger partial charge >= 0.3 is 0 Å². The third kappa shape index (κ3) is 7.63. The standard InChI is InChI=1S/C67H43N7/c1-5-17-44(18-6-1)62-68-63(45-19-7-2-8-20-45)71-66(70-62)48-31-29-43(30-32-48)61-56-27-14-13-25-53(56)58-41-50(36-40-57(58)61)51-35-39-55-54-26-15-16-28-59(54)74(60(55)42-51)52-37-33-49(34-38-52)67-72-64(46-21-9-3-10-22-46)69-65(73-67)47-23-11-4-12-24-47/h1-42,61H. The zero-order valence-corrected chi connectivity index (χ0v) is 40.0. The van der Waals surface area contributed by atoms with Crippen LogP contribution in [-0.4, -0.2) is 34.5 Å². The number of rotatable bonds is 9. The zero-order valence-electron chi connectivity index (χ0n) is 40.0. The number of aromatic nitrogens is 7. The molecule has 7 nitrogen and oxygen atoms in total. The fourth-order valence-corrected chi connectivity index (χ4v) is 10.6. The molecular formula is C67H43N7. The van der Waals surface area contributed by atoms with Crippen molar-refractivity contribution >= 4 is 21.8 Å². The molecule has 1 aliphatic rings. The van der Waals surface area contributed by atoms with Gasteiger partial charge in [0.25, 0.3) is 0 Å². The first kappa shape index (κ1) is 42.9. The van der Waals surface area contributed by atoms with E-state index in [1.807, 2.05) is 121 Å². The molecule has 74 heavy (non-hydrogen) atoms. The minimum Gasteiger partial charge on any atom is -0.309 e. The van der Waals surface area contributed by atoms with E-state index in [0.717, 1.165) is 55.7 Å². The quantitative estimate of drug-likeness (QED) is 0.143. The summed E-state index contributed by atoms with van der Waals surface area (Å²) in [6.07, 6.45) is 0. The number of hydrogen-bond acceptors (Lipinski definition) is 6. The fraction of sp³-hybridized carbons (Fsp3) is 0.0149. The van der Waals surface area contributed by atoms with Crippen LogP contribution in [0.5, 0.6) is 0 Å². The van der Waals surface area contributed by atoms with Crippen LogP contribution in [0.1, 0.15) is 22.6 Å². The second-order valence-electron chi connectivity index (χ2n) is 18.7. The summed E-state index contributed by atoms with van der Waals surface area (Å²) < 4.78 is 2.38. The Kier molecular flexibility index (Phi) is 10.4. The zero-order chi connectivity index (χ0) is 49.0. The number of nitrogens with zero attached hydrogens (tertiary/aromatic N) is 7. The lowest BCUT2D eigenvalue weighted by Gasteiger charge is -2.16. The lowest BCUT2D eigenvalue weighted by atomic mass is 9.88. The molecular weight excluding hydrogens is 903 g/mol. The van der Waals surface area contributed by atoms with Gasteiger partial charge in [0.2, 0.25) is 0 Å². The first-order chi connectivity index (χ1) is 36.7. The predicted octanol–water partition coefficient (Wildman–Crippen LogP) is 16.0. The first-order valence-corrected chi connectivity index (χ1v) is 24.9. The molecule has 3 heterocycles. The summed E-state index contributed by atoms with van der Waals surface area (Å²) in [7, 11) is 0. The molecule has 346 valence electrons. The molecule has 0 fully saturated rings. The predicted molar refractivity (Wildman–Crippen MR) is 298 cm³/mol. The van der Waals surface area contributed by atoms with Gasteiger partial charge in [0.15, 0.2) is 34.9 Å². The van der Waals surface area contributed by atoms with Crippen molar-refractivity contribution in [2.45, 2.75) is 5.92 Å². The third-order valence-corrected chi connectivity index (χ3v) is 14.2. The van der Waals surface area contributed by atoms with E-state index in [9.17, 15) is 0 Å². The Morgan fingerprint density at radius 3 is 1.16 bits per heavy atom. The van der Waals surface area contributed by atoms with Crippen LogP contribution in [0.2, 0.25) is 0 Å². The van der Waals surface area contributed by atoms with Gasteiger partial charge in [-0.05, 0) is 81.4 Å². The maximum atomic E-state index is 5.00. The van der Waals surface area contributed by atoms with Crippen molar-refractivity contribution in [1.29, 1.82) is 0 Å². The van der Waals surface area contributed by atoms with Gasteiger partial charge in [-0.1, -0.05) is 212 Å². The Morgan fingerprint density at radius 1 is 0.257 bits per heavy atom. The summed E-state index contributed by atoms with van der Waals surface area (Å²) in [5.74, 6) is 3.92. The smallest absolute Gasteiger partial charge is 0.164 e. The molecule has 0 N–H and O–H groups in total. The number of para-hydroxylation sites is 1. The normalized spacial score (nSPS) is 12.7. The average molecular weight is 946 g/mol. The van der Waals surface area contributed by atoms with Crippen molar-refractivity contribution in [1.82, 2.24) is 34.5 Å². The maximum Gasteiger partial charge on any atom is 0.164 e. The lowest BCUT2D eigenvalue weighted by Crippen LogP contribution is -2.01. The minimum absolute atomic E-state index is 0.0720. The second kappa shape index (κ2) is 18.0. The molecule has 0 saturated heterocycles. The molecule has 13 aromatic rings. The molecule has 0 aliphatic heterocycles. The van der Waals surface area contributed by atoms with Crippen molar-refractivity contribution in [3.05, 3.63) is 271 Å². The van der Waals surface area contributed by atoms with Crippen LogP contribution in [-0.2, 0) is 0 Å². The highest BCUT2D eigenvalue weighted by molar-refractivity contribution is 6.10. The Balaban J connectivity index is 0.814. The molecule has 0 bridgehead atoms. The van der Waals surface area contributed by atoms with Crippen molar-refractivity contribution in [3.8, 4) is 96.3 Å². The molecule has 1 atom stereocenters. The van der Waals surface area contributed by atoms with Crippen LogP contribution in [0.3, 0.4) is 0 Å². The number of fused-ring (bicyclic) bond motifs is 6. The first-order valence-electron chi connectivity index (χ1n) is 24.9. The second-order valence-corrected chi connectivity index (χ2v) is 18.7. The van der Waals surface area contributed by atoms with Crippen LogP contribution < -0.4 is 0 Å². The molecule has 7 heteroatoms. The Labute approximate surface area is 427 Å². The van der Waals surface area contributed by atoms with Gasteiger partial charge in [-0.3, -0.25) is 0 Å². The Hall–Kier alpha value is -9.98. The van der Waals surface area contributed by atoms with E-state index in [1.54, 1.807) is 0 Å². The largest absolute Gasteiger partial charge is 0.309 e. The van der Waals surface area contributed by atoms with Gasteiger partial charge in [0.1, 0.15) is 0 Å². The molecule has 0 saturated carbocycles. The average Bonchev–Trinajstić information content (AvgIpc) is 4.02. The van der Waals surface area contributed by atoms with Gasteiger partial charge < -0.3 is 4.57 Å². The third-order valence-electron chi connectivity index (χ3n) is 14.2. The van der Waals surface area contributed by atoms with E-state index in [1.165, 1.54) is 44.2 Å². The van der Waals surface area contributed by atoms with Gasteiger partial charge in [0.05, 0.1) is 11.0 Å². The summed E-state index contributed by atoms with van der Waals surface area (Å²) in [6, 6.07) is 89.2. The van der Waals surface area contributed by atoms with Crippen LogP contribution >= 0.6 is 0 Å². The van der Waals surface area contributed by atoms with E-state index in [2.05, 4.69) is 138 Å². The molecule has 1 unspecified atom stereocenters. The Bertz CT molecular complexity index is 4100.